The number of nitrogens with two attached hydrogens (primary N) is 1. The lowest BCUT2D eigenvalue weighted by Crippen LogP contribution is -2.54. The molecule has 0 saturated heterocycles. The molecule has 0 saturated carbocycles. The van der Waals surface area contributed by atoms with Gasteiger partial charge in [0.25, 0.3) is 5.91 Å². The maximum atomic E-state index is 12.9. The van der Waals surface area contributed by atoms with Gasteiger partial charge in [-0.25, -0.2) is 5.01 Å². The van der Waals surface area contributed by atoms with Gasteiger partial charge in [0.05, 0.1) is 24.1 Å². The Morgan fingerprint density at radius 1 is 1.07 bits per heavy atom. The number of carbonyl (C=O) groups is 2. The van der Waals surface area contributed by atoms with Crippen molar-refractivity contribution in [2.45, 2.75) is 12.3 Å². The van der Waals surface area contributed by atoms with E-state index < -0.39 is 23.7 Å². The zero-order chi connectivity index (χ0) is 20.1. The third-order valence-corrected chi connectivity index (χ3v) is 4.51. The highest BCUT2D eigenvalue weighted by Crippen LogP contribution is 2.37. The van der Waals surface area contributed by atoms with Gasteiger partial charge in [-0.05, 0) is 11.1 Å². The van der Waals surface area contributed by atoms with Crippen molar-refractivity contribution in [3.63, 3.8) is 0 Å². The molecule has 0 bridgehead atoms. The van der Waals surface area contributed by atoms with Crippen molar-refractivity contribution in [2.75, 3.05) is 0 Å². The third-order valence-electron chi connectivity index (χ3n) is 4.51. The molecule has 7 nitrogen and oxygen atoms in total. The summed E-state index contributed by atoms with van der Waals surface area (Å²) in [7, 11) is 0. The predicted octanol–water partition coefficient (Wildman–Crippen LogP) is 1.72. The standard InChI is InChI=1S/C21H17N5O2/c22-12-16-19(15-9-5-2-6-10-15)17(13-23)21(28)26(20(16)24)25-18(27)11-14-7-3-1-4-8-14/h1-10,17,19H,11,24H2,(H,25,27). The van der Waals surface area contributed by atoms with Crippen LogP contribution in [0.3, 0.4) is 0 Å². The Balaban J connectivity index is 1.93. The van der Waals surface area contributed by atoms with Gasteiger partial charge in [-0.1, -0.05) is 60.7 Å². The van der Waals surface area contributed by atoms with Crippen LogP contribution in [0.5, 0.6) is 0 Å². The van der Waals surface area contributed by atoms with E-state index in [-0.39, 0.29) is 17.8 Å². The summed E-state index contributed by atoms with van der Waals surface area (Å²) in [6.45, 7) is 0. The zero-order valence-corrected chi connectivity index (χ0v) is 14.9. The molecule has 7 heteroatoms. The molecule has 2 aromatic rings. The summed E-state index contributed by atoms with van der Waals surface area (Å²) in [6, 6.07) is 21.7. The van der Waals surface area contributed by atoms with E-state index in [1.807, 2.05) is 18.2 Å². The molecule has 3 rings (SSSR count). The topological polar surface area (TPSA) is 123 Å². The number of allylic oxidation sites excluding steroid dienone is 1. The zero-order valence-electron chi connectivity index (χ0n) is 14.9. The quantitative estimate of drug-likeness (QED) is 0.847. The minimum atomic E-state index is -1.18. The first kappa shape index (κ1) is 18.7. The fraction of sp³-hybridized carbons (Fsp3) is 0.143. The molecule has 2 amide bonds. The first-order valence-electron chi connectivity index (χ1n) is 8.58. The monoisotopic (exact) mass is 371 g/mol. The van der Waals surface area contributed by atoms with Crippen LogP contribution in [0.4, 0.5) is 0 Å². The number of rotatable bonds is 4. The van der Waals surface area contributed by atoms with Gasteiger partial charge in [-0.15, -0.1) is 0 Å². The van der Waals surface area contributed by atoms with Gasteiger partial charge >= 0.3 is 0 Å². The summed E-state index contributed by atoms with van der Waals surface area (Å²) in [5, 5.41) is 20.0. The number of hydrazine groups is 1. The Morgan fingerprint density at radius 3 is 2.25 bits per heavy atom. The van der Waals surface area contributed by atoms with Crippen LogP contribution in [0.15, 0.2) is 72.1 Å². The molecule has 0 aliphatic carbocycles. The van der Waals surface area contributed by atoms with Crippen LogP contribution in [0.2, 0.25) is 0 Å². The van der Waals surface area contributed by atoms with Gasteiger partial charge in [0.15, 0.2) is 0 Å². The van der Waals surface area contributed by atoms with Crippen LogP contribution >= 0.6 is 0 Å². The summed E-state index contributed by atoms with van der Waals surface area (Å²) in [4.78, 5) is 25.2. The van der Waals surface area contributed by atoms with Crippen molar-refractivity contribution in [3.8, 4) is 12.1 Å². The number of carbonyl (C=O) groups excluding carboxylic acids is 2. The van der Waals surface area contributed by atoms with Gasteiger partial charge in [-0.3, -0.25) is 15.0 Å². The maximum absolute atomic E-state index is 12.9. The molecule has 1 aliphatic heterocycles. The normalized spacial score (nSPS) is 18.9. The van der Waals surface area contributed by atoms with E-state index in [2.05, 4.69) is 5.43 Å². The smallest absolute Gasteiger partial charge is 0.265 e. The average molecular weight is 371 g/mol. The Kier molecular flexibility index (Phi) is 5.38. The highest BCUT2D eigenvalue weighted by molar-refractivity contribution is 5.89. The number of benzene rings is 2. The van der Waals surface area contributed by atoms with Crippen molar-refractivity contribution < 1.29 is 9.59 Å². The minimum absolute atomic E-state index is 0.0269. The molecule has 0 fully saturated rings. The van der Waals surface area contributed by atoms with Crippen LogP contribution in [0.25, 0.3) is 0 Å². The first-order chi connectivity index (χ1) is 13.6. The third kappa shape index (κ3) is 3.55. The van der Waals surface area contributed by atoms with Gasteiger partial charge < -0.3 is 5.73 Å². The summed E-state index contributed by atoms with van der Waals surface area (Å²) < 4.78 is 0. The van der Waals surface area contributed by atoms with Gasteiger partial charge in [0, 0.05) is 5.92 Å². The van der Waals surface area contributed by atoms with Crippen molar-refractivity contribution in [1.82, 2.24) is 10.4 Å². The summed E-state index contributed by atoms with van der Waals surface area (Å²) in [6.07, 6.45) is 0.0269. The predicted molar refractivity (Wildman–Crippen MR) is 100 cm³/mol. The van der Waals surface area contributed by atoms with Crippen LogP contribution in [-0.4, -0.2) is 16.8 Å². The van der Waals surface area contributed by atoms with E-state index >= 15 is 0 Å². The molecule has 2 aromatic carbocycles. The molecule has 2 atom stereocenters. The molecule has 1 heterocycles. The van der Waals surface area contributed by atoms with Gasteiger partial charge in [-0.2, -0.15) is 10.5 Å². The number of amides is 2. The number of nitrogens with one attached hydrogen (secondary N) is 1. The Labute approximate surface area is 162 Å². The van der Waals surface area contributed by atoms with E-state index in [0.29, 0.717) is 5.56 Å². The van der Waals surface area contributed by atoms with Crippen LogP contribution in [0.1, 0.15) is 17.0 Å². The Hall–Kier alpha value is -4.10. The molecule has 28 heavy (non-hydrogen) atoms. The number of hydrogen-bond acceptors (Lipinski definition) is 5. The summed E-state index contributed by atoms with van der Waals surface area (Å²) in [5.41, 5.74) is 9.94. The van der Waals surface area contributed by atoms with Crippen molar-refractivity contribution in [1.29, 1.82) is 10.5 Å². The van der Waals surface area contributed by atoms with E-state index in [9.17, 15) is 20.1 Å². The lowest BCUT2D eigenvalue weighted by Gasteiger charge is -2.34. The fourth-order valence-corrected chi connectivity index (χ4v) is 3.18. The number of hydrogen-bond donors (Lipinski definition) is 2. The molecule has 0 aromatic heterocycles. The van der Waals surface area contributed by atoms with Crippen LogP contribution in [0, 0.1) is 28.6 Å². The van der Waals surface area contributed by atoms with E-state index in [1.165, 1.54) is 0 Å². The second kappa shape index (κ2) is 8.07. The van der Waals surface area contributed by atoms with Crippen molar-refractivity contribution in [2.24, 2.45) is 11.7 Å². The minimum Gasteiger partial charge on any atom is -0.383 e. The summed E-state index contributed by atoms with van der Waals surface area (Å²) in [5.74, 6) is -3.29. The highest BCUT2D eigenvalue weighted by Gasteiger charge is 2.43. The van der Waals surface area contributed by atoms with Crippen molar-refractivity contribution >= 4 is 11.8 Å². The molecular formula is C21H17N5O2. The molecular weight excluding hydrogens is 354 g/mol. The first-order valence-corrected chi connectivity index (χ1v) is 8.58. The molecule has 0 radical (unpaired) electrons. The van der Waals surface area contributed by atoms with Crippen molar-refractivity contribution in [3.05, 3.63) is 83.2 Å². The van der Waals surface area contributed by atoms with Crippen LogP contribution in [-0.2, 0) is 16.0 Å². The Bertz CT molecular complexity index is 1000. The molecule has 1 aliphatic rings. The Morgan fingerprint density at radius 2 is 1.68 bits per heavy atom. The second-order valence-corrected chi connectivity index (χ2v) is 6.28. The molecule has 138 valence electrons. The lowest BCUT2D eigenvalue weighted by atomic mass is 9.78. The summed E-state index contributed by atoms with van der Waals surface area (Å²) >= 11 is 0. The molecule has 0 spiro atoms. The average Bonchev–Trinajstić information content (AvgIpc) is 2.72. The van der Waals surface area contributed by atoms with Crippen LogP contribution < -0.4 is 11.2 Å². The van der Waals surface area contributed by atoms with E-state index in [4.69, 9.17) is 5.73 Å². The largest absolute Gasteiger partial charge is 0.383 e. The number of nitriles is 2. The van der Waals surface area contributed by atoms with E-state index in [0.717, 1.165) is 10.6 Å². The second-order valence-electron chi connectivity index (χ2n) is 6.28. The molecule has 2 unspecified atom stereocenters. The van der Waals surface area contributed by atoms with Gasteiger partial charge in [0.2, 0.25) is 5.91 Å². The fourth-order valence-electron chi connectivity index (χ4n) is 3.18. The number of nitrogens with zero attached hydrogens (tertiary/aromatic N) is 3. The highest BCUT2D eigenvalue weighted by atomic mass is 16.2. The maximum Gasteiger partial charge on any atom is 0.265 e. The molecule has 3 N–H and O–H groups in total. The lowest BCUT2D eigenvalue weighted by molar-refractivity contribution is -0.142. The van der Waals surface area contributed by atoms with Gasteiger partial charge in [0.1, 0.15) is 11.7 Å². The van der Waals surface area contributed by atoms with E-state index in [1.54, 1.807) is 54.6 Å². The SMILES string of the molecule is N#CC1=C(N)N(NC(=O)Cc2ccccc2)C(=O)C(C#N)C1c1ccccc1.